The number of ether oxygens (including phenoxy) is 1. The molecule has 2 N–H and O–H groups in total. The molecule has 0 bridgehead atoms. The number of fused-ring (bicyclic) bond motifs is 1. The molecule has 0 atom stereocenters. The second-order valence-electron chi connectivity index (χ2n) is 7.34. The predicted octanol–water partition coefficient (Wildman–Crippen LogP) is 4.07. The molecule has 0 saturated carbocycles. The van der Waals surface area contributed by atoms with E-state index in [4.69, 9.17) is 15.0 Å². The number of aromatic nitrogens is 1. The monoisotopic (exact) mass is 383 g/mol. The van der Waals surface area contributed by atoms with Gasteiger partial charge in [-0.05, 0) is 50.6 Å². The van der Waals surface area contributed by atoms with E-state index in [-0.39, 0.29) is 5.82 Å². The molecule has 0 spiro atoms. The van der Waals surface area contributed by atoms with Gasteiger partial charge in [0, 0.05) is 36.0 Å². The average molecular weight is 383 g/mol. The predicted molar refractivity (Wildman–Crippen MR) is 107 cm³/mol. The average Bonchev–Trinajstić information content (AvgIpc) is 3.15. The van der Waals surface area contributed by atoms with Gasteiger partial charge in [0.2, 0.25) is 0 Å². The lowest BCUT2D eigenvalue weighted by molar-refractivity contribution is 0.190. The van der Waals surface area contributed by atoms with Crippen LogP contribution in [-0.2, 0) is 6.54 Å². The fourth-order valence-electron chi connectivity index (χ4n) is 3.94. The van der Waals surface area contributed by atoms with Gasteiger partial charge in [-0.25, -0.2) is 4.39 Å². The second-order valence-corrected chi connectivity index (χ2v) is 7.34. The molecule has 1 aromatic heterocycles. The molecule has 0 aliphatic carbocycles. The quantitative estimate of drug-likeness (QED) is 0.623. The molecule has 4 rings (SSSR count). The van der Waals surface area contributed by atoms with Crippen LogP contribution in [0.2, 0.25) is 0 Å². The molecule has 5 nitrogen and oxygen atoms in total. The number of halogens is 1. The molecule has 2 heterocycles. The highest BCUT2D eigenvalue weighted by molar-refractivity contribution is 5.79. The normalized spacial score (nSPS) is 15.9. The van der Waals surface area contributed by atoms with Gasteiger partial charge >= 0.3 is 0 Å². The topological polar surface area (TPSA) is 64.5 Å². The van der Waals surface area contributed by atoms with Crippen molar-refractivity contribution in [3.05, 3.63) is 59.5 Å². The van der Waals surface area contributed by atoms with Crippen LogP contribution in [0.4, 0.5) is 4.39 Å². The Morgan fingerprint density at radius 2 is 2.00 bits per heavy atom. The molecular weight excluding hydrogens is 357 g/mol. The molecule has 148 valence electrons. The zero-order chi connectivity index (χ0) is 19.3. The lowest BCUT2D eigenvalue weighted by Gasteiger charge is -2.31. The third-order valence-corrected chi connectivity index (χ3v) is 5.50. The number of rotatable bonds is 7. The maximum absolute atomic E-state index is 13.3. The van der Waals surface area contributed by atoms with Crippen LogP contribution in [0.25, 0.3) is 11.0 Å². The van der Waals surface area contributed by atoms with E-state index in [9.17, 15) is 4.39 Å². The minimum absolute atomic E-state index is 0.290. The number of para-hydroxylation sites is 1. The van der Waals surface area contributed by atoms with E-state index in [1.54, 1.807) is 6.07 Å². The van der Waals surface area contributed by atoms with E-state index < -0.39 is 0 Å². The van der Waals surface area contributed by atoms with Crippen molar-refractivity contribution in [3.63, 3.8) is 0 Å². The van der Waals surface area contributed by atoms with Gasteiger partial charge in [0.05, 0.1) is 12.3 Å². The summed E-state index contributed by atoms with van der Waals surface area (Å²) in [6.07, 6.45) is 3.06. The van der Waals surface area contributed by atoms with Crippen LogP contribution in [-0.4, -0.2) is 36.3 Å². The summed E-state index contributed by atoms with van der Waals surface area (Å²) in [4.78, 5) is 2.47. The number of piperidine rings is 1. The van der Waals surface area contributed by atoms with Crippen molar-refractivity contribution < 1.29 is 13.7 Å². The Kier molecular flexibility index (Phi) is 5.88. The Hall–Kier alpha value is -2.44. The summed E-state index contributed by atoms with van der Waals surface area (Å²) < 4.78 is 24.5. The standard InChI is InChI=1S/C22H26FN3O2/c23-18-6-7-19-21(14-18)28-25-22(19)16-8-11-26(12-9-16)10-3-13-27-20-5-2-1-4-17(20)15-24/h1-2,4-7,14,16H,3,8-13,15,24H2. The Bertz CT molecular complexity index is 919. The van der Waals surface area contributed by atoms with Gasteiger partial charge in [-0.2, -0.15) is 0 Å². The van der Waals surface area contributed by atoms with Gasteiger partial charge in [-0.15, -0.1) is 0 Å². The van der Waals surface area contributed by atoms with Crippen LogP contribution in [0.1, 0.15) is 36.4 Å². The molecule has 1 saturated heterocycles. The van der Waals surface area contributed by atoms with Gasteiger partial charge in [0.1, 0.15) is 11.6 Å². The van der Waals surface area contributed by atoms with Crippen molar-refractivity contribution in [3.8, 4) is 5.75 Å². The molecule has 1 fully saturated rings. The largest absolute Gasteiger partial charge is 0.493 e. The van der Waals surface area contributed by atoms with Gasteiger partial charge in [-0.3, -0.25) is 0 Å². The van der Waals surface area contributed by atoms with E-state index in [1.165, 1.54) is 12.1 Å². The van der Waals surface area contributed by atoms with Crippen LogP contribution in [0.5, 0.6) is 5.75 Å². The molecular formula is C22H26FN3O2. The summed E-state index contributed by atoms with van der Waals surface area (Å²) in [6.45, 7) is 4.25. The number of benzene rings is 2. The molecule has 3 aromatic rings. The van der Waals surface area contributed by atoms with Crippen LogP contribution < -0.4 is 10.5 Å². The highest BCUT2D eigenvalue weighted by atomic mass is 19.1. The number of likely N-dealkylation sites (tertiary alicyclic amines) is 1. The highest BCUT2D eigenvalue weighted by Gasteiger charge is 2.24. The van der Waals surface area contributed by atoms with E-state index >= 15 is 0 Å². The SMILES string of the molecule is NCc1ccccc1OCCCN1CCC(c2noc3cc(F)ccc23)CC1. The maximum atomic E-state index is 13.3. The number of hydrogen-bond acceptors (Lipinski definition) is 5. The Morgan fingerprint density at radius 1 is 1.18 bits per heavy atom. The van der Waals surface area contributed by atoms with E-state index in [0.29, 0.717) is 24.7 Å². The third kappa shape index (κ3) is 4.18. The zero-order valence-corrected chi connectivity index (χ0v) is 15.9. The summed E-state index contributed by atoms with van der Waals surface area (Å²) in [5.74, 6) is 0.968. The van der Waals surface area contributed by atoms with Crippen LogP contribution in [0, 0.1) is 5.82 Å². The van der Waals surface area contributed by atoms with Gasteiger partial charge in [-0.1, -0.05) is 23.4 Å². The number of hydrogen-bond donors (Lipinski definition) is 1. The fraction of sp³-hybridized carbons (Fsp3) is 0.409. The first-order chi connectivity index (χ1) is 13.7. The summed E-state index contributed by atoms with van der Waals surface area (Å²) in [7, 11) is 0. The van der Waals surface area contributed by atoms with Crippen molar-refractivity contribution in [2.75, 3.05) is 26.2 Å². The Labute approximate surface area is 164 Å². The van der Waals surface area contributed by atoms with Gasteiger partial charge < -0.3 is 19.9 Å². The molecule has 2 aromatic carbocycles. The fourth-order valence-corrected chi connectivity index (χ4v) is 3.94. The Morgan fingerprint density at radius 3 is 2.82 bits per heavy atom. The Balaban J connectivity index is 1.24. The lowest BCUT2D eigenvalue weighted by Crippen LogP contribution is -2.34. The number of nitrogens with two attached hydrogens (primary N) is 1. The van der Waals surface area contributed by atoms with Crippen LogP contribution >= 0.6 is 0 Å². The molecule has 0 radical (unpaired) electrons. The summed E-state index contributed by atoms with van der Waals surface area (Å²) in [6, 6.07) is 12.6. The number of nitrogens with zero attached hydrogens (tertiary/aromatic N) is 2. The maximum Gasteiger partial charge on any atom is 0.170 e. The first-order valence-corrected chi connectivity index (χ1v) is 9.92. The van der Waals surface area contributed by atoms with Crippen molar-refractivity contribution in [1.29, 1.82) is 0 Å². The van der Waals surface area contributed by atoms with Gasteiger partial charge in [0.15, 0.2) is 5.58 Å². The smallest absolute Gasteiger partial charge is 0.170 e. The van der Waals surface area contributed by atoms with Crippen molar-refractivity contribution in [2.45, 2.75) is 31.7 Å². The summed E-state index contributed by atoms with van der Waals surface area (Å²) >= 11 is 0. The van der Waals surface area contributed by atoms with Gasteiger partial charge in [0.25, 0.3) is 0 Å². The zero-order valence-electron chi connectivity index (χ0n) is 15.9. The van der Waals surface area contributed by atoms with E-state index in [1.807, 2.05) is 24.3 Å². The van der Waals surface area contributed by atoms with Crippen LogP contribution in [0.3, 0.4) is 0 Å². The second kappa shape index (κ2) is 8.71. The van der Waals surface area contributed by atoms with Crippen molar-refractivity contribution >= 4 is 11.0 Å². The van der Waals surface area contributed by atoms with Crippen molar-refractivity contribution in [2.24, 2.45) is 5.73 Å². The summed E-state index contributed by atoms with van der Waals surface area (Å²) in [5, 5.41) is 5.16. The molecule has 0 unspecified atom stereocenters. The minimum atomic E-state index is -0.290. The van der Waals surface area contributed by atoms with Crippen molar-refractivity contribution in [1.82, 2.24) is 10.1 Å². The molecule has 1 aliphatic heterocycles. The van der Waals surface area contributed by atoms with E-state index in [0.717, 1.165) is 61.3 Å². The van der Waals surface area contributed by atoms with E-state index in [2.05, 4.69) is 10.1 Å². The lowest BCUT2D eigenvalue weighted by atomic mass is 9.91. The molecule has 0 amide bonds. The molecule has 6 heteroatoms. The first-order valence-electron chi connectivity index (χ1n) is 9.92. The summed E-state index contributed by atoms with van der Waals surface area (Å²) in [5.41, 5.74) is 8.30. The highest BCUT2D eigenvalue weighted by Crippen LogP contribution is 2.32. The molecule has 28 heavy (non-hydrogen) atoms. The van der Waals surface area contributed by atoms with Crippen LogP contribution in [0.15, 0.2) is 47.0 Å². The third-order valence-electron chi connectivity index (χ3n) is 5.50. The molecule has 1 aliphatic rings. The first kappa shape index (κ1) is 18.9. The minimum Gasteiger partial charge on any atom is -0.493 e.